The van der Waals surface area contributed by atoms with Crippen LogP contribution >= 0.6 is 0 Å². The fourth-order valence-corrected chi connectivity index (χ4v) is 3.53. The van der Waals surface area contributed by atoms with Gasteiger partial charge in [-0.2, -0.15) is 4.31 Å². The van der Waals surface area contributed by atoms with E-state index in [4.69, 9.17) is 0 Å². The first-order valence-electron chi connectivity index (χ1n) is 5.58. The van der Waals surface area contributed by atoms with Crippen molar-refractivity contribution < 1.29 is 8.42 Å². The number of nitrogens with zero attached hydrogens (tertiary/aromatic N) is 2. The van der Waals surface area contributed by atoms with Crippen LogP contribution in [0.4, 0.5) is 0 Å². The van der Waals surface area contributed by atoms with Gasteiger partial charge in [-0.1, -0.05) is 0 Å². The van der Waals surface area contributed by atoms with Gasteiger partial charge < -0.3 is 10.3 Å². The fraction of sp³-hybridized carbons (Fsp3) is 0.700. The molecule has 0 spiro atoms. The topological polar surface area (TPSA) is 78.1 Å². The summed E-state index contributed by atoms with van der Waals surface area (Å²) in [6.45, 7) is 7.34. The van der Waals surface area contributed by atoms with Crippen molar-refractivity contribution in [1.29, 1.82) is 0 Å². The van der Waals surface area contributed by atoms with Gasteiger partial charge in [0, 0.05) is 25.2 Å². The van der Waals surface area contributed by atoms with E-state index in [0.29, 0.717) is 25.5 Å². The second kappa shape index (κ2) is 4.08. The van der Waals surface area contributed by atoms with Crippen molar-refractivity contribution in [3.05, 3.63) is 12.0 Å². The molecule has 0 saturated carbocycles. The van der Waals surface area contributed by atoms with E-state index in [-0.39, 0.29) is 10.6 Å². The van der Waals surface area contributed by atoms with Crippen molar-refractivity contribution in [2.75, 3.05) is 19.6 Å². The number of nitrogens with one attached hydrogen (secondary N) is 2. The number of rotatable bonds is 2. The average Bonchev–Trinajstić information content (AvgIpc) is 2.64. The molecule has 2 rings (SSSR count). The maximum absolute atomic E-state index is 12.3. The van der Waals surface area contributed by atoms with E-state index < -0.39 is 10.0 Å². The van der Waals surface area contributed by atoms with Crippen LogP contribution in [0.1, 0.15) is 19.7 Å². The fourth-order valence-electron chi connectivity index (χ4n) is 1.97. The molecule has 6 nitrogen and oxygen atoms in total. The van der Waals surface area contributed by atoms with Crippen LogP contribution < -0.4 is 5.32 Å². The van der Waals surface area contributed by atoms with Gasteiger partial charge in [0.2, 0.25) is 0 Å². The molecule has 17 heavy (non-hydrogen) atoms. The predicted octanol–water partition coefficient (Wildman–Crippen LogP) is 0.0906. The molecule has 1 aliphatic rings. The van der Waals surface area contributed by atoms with E-state index in [9.17, 15) is 8.42 Å². The summed E-state index contributed by atoms with van der Waals surface area (Å²) >= 11 is 0. The third-order valence-corrected chi connectivity index (χ3v) is 4.59. The molecule has 7 heteroatoms. The van der Waals surface area contributed by atoms with Crippen molar-refractivity contribution >= 4 is 10.0 Å². The maximum Gasteiger partial charge on any atom is 0.260 e. The SMILES string of the molecule is Cc1ncc(S(=O)(=O)N2CCNC(C)(C)C2)[nH]1. The number of aryl methyl sites for hydroxylation is 1. The molecule has 2 N–H and O–H groups in total. The van der Waals surface area contributed by atoms with Crippen LogP contribution in [-0.4, -0.2) is 47.9 Å². The number of aromatic nitrogens is 2. The van der Waals surface area contributed by atoms with Gasteiger partial charge in [0.05, 0.1) is 6.20 Å². The summed E-state index contributed by atoms with van der Waals surface area (Å²) in [4.78, 5) is 6.72. The third kappa shape index (κ3) is 2.51. The first-order valence-corrected chi connectivity index (χ1v) is 7.02. The summed E-state index contributed by atoms with van der Waals surface area (Å²) in [5.74, 6) is 0.609. The Morgan fingerprint density at radius 2 is 2.18 bits per heavy atom. The molecule has 1 aliphatic heterocycles. The smallest absolute Gasteiger partial charge is 0.260 e. The Hall–Kier alpha value is -0.920. The summed E-state index contributed by atoms with van der Waals surface area (Å²) in [5, 5.41) is 3.46. The summed E-state index contributed by atoms with van der Waals surface area (Å²) in [7, 11) is -3.44. The highest BCUT2D eigenvalue weighted by Gasteiger charge is 2.34. The maximum atomic E-state index is 12.3. The summed E-state index contributed by atoms with van der Waals surface area (Å²) in [6.07, 6.45) is 1.37. The van der Waals surface area contributed by atoms with Crippen LogP contribution in [-0.2, 0) is 10.0 Å². The van der Waals surface area contributed by atoms with E-state index in [2.05, 4.69) is 15.3 Å². The molecule has 0 unspecified atom stereocenters. The lowest BCUT2D eigenvalue weighted by molar-refractivity contribution is 0.233. The molecule has 1 aromatic rings. The number of hydrogen-bond acceptors (Lipinski definition) is 4. The minimum absolute atomic E-state index is 0.174. The van der Waals surface area contributed by atoms with E-state index in [1.54, 1.807) is 6.92 Å². The van der Waals surface area contributed by atoms with Crippen LogP contribution in [0.3, 0.4) is 0 Å². The standard InChI is InChI=1S/C10H18N4O2S/c1-8-11-6-9(13-8)17(15,16)14-5-4-12-10(2,3)7-14/h6,12H,4-5,7H2,1-3H3,(H,11,13). The highest BCUT2D eigenvalue weighted by Crippen LogP contribution is 2.19. The number of sulfonamides is 1. The van der Waals surface area contributed by atoms with Gasteiger partial charge in [0.15, 0.2) is 5.03 Å². The minimum atomic E-state index is -3.44. The first-order chi connectivity index (χ1) is 7.81. The second-order valence-corrected chi connectivity index (χ2v) is 6.89. The predicted molar refractivity (Wildman–Crippen MR) is 64.2 cm³/mol. The number of hydrogen-bond donors (Lipinski definition) is 2. The Morgan fingerprint density at radius 3 is 2.71 bits per heavy atom. The van der Waals surface area contributed by atoms with Gasteiger partial charge in [-0.3, -0.25) is 0 Å². The lowest BCUT2D eigenvalue weighted by atomic mass is 10.0. The molecule has 1 aromatic heterocycles. The van der Waals surface area contributed by atoms with Gasteiger partial charge in [0.1, 0.15) is 5.82 Å². The molecular weight excluding hydrogens is 240 g/mol. The quantitative estimate of drug-likeness (QED) is 0.788. The van der Waals surface area contributed by atoms with Crippen LogP contribution in [0.2, 0.25) is 0 Å². The van der Waals surface area contributed by atoms with Crippen LogP contribution in [0.15, 0.2) is 11.2 Å². The zero-order chi connectivity index (χ0) is 12.7. The lowest BCUT2D eigenvalue weighted by Crippen LogP contribution is -2.58. The molecule has 0 radical (unpaired) electrons. The average molecular weight is 258 g/mol. The molecule has 1 saturated heterocycles. The zero-order valence-corrected chi connectivity index (χ0v) is 11.1. The van der Waals surface area contributed by atoms with Crippen molar-refractivity contribution in [1.82, 2.24) is 19.6 Å². The van der Waals surface area contributed by atoms with Gasteiger partial charge in [-0.25, -0.2) is 13.4 Å². The van der Waals surface area contributed by atoms with Gasteiger partial charge in [-0.15, -0.1) is 0 Å². The van der Waals surface area contributed by atoms with Crippen molar-refractivity contribution in [3.63, 3.8) is 0 Å². The van der Waals surface area contributed by atoms with Crippen molar-refractivity contribution in [2.24, 2.45) is 0 Å². The summed E-state index contributed by atoms with van der Waals surface area (Å²) < 4.78 is 26.1. The Balaban J connectivity index is 2.27. The van der Waals surface area contributed by atoms with Gasteiger partial charge in [0.25, 0.3) is 10.0 Å². The third-order valence-electron chi connectivity index (χ3n) is 2.83. The molecule has 0 bridgehead atoms. The van der Waals surface area contributed by atoms with Crippen molar-refractivity contribution in [3.8, 4) is 0 Å². The van der Waals surface area contributed by atoms with E-state index >= 15 is 0 Å². The Kier molecular flexibility index (Phi) is 3.01. The van der Waals surface area contributed by atoms with E-state index in [0.717, 1.165) is 0 Å². The lowest BCUT2D eigenvalue weighted by Gasteiger charge is -2.37. The number of piperazine rings is 1. The van der Waals surface area contributed by atoms with Crippen LogP contribution in [0.25, 0.3) is 0 Å². The molecule has 2 heterocycles. The first kappa shape index (κ1) is 12.5. The molecule has 0 amide bonds. The molecule has 1 fully saturated rings. The molecular formula is C10H18N4O2S. The van der Waals surface area contributed by atoms with E-state index in [1.807, 2.05) is 13.8 Å². The highest BCUT2D eigenvalue weighted by molar-refractivity contribution is 7.89. The number of H-pyrrole nitrogens is 1. The molecule has 0 aliphatic carbocycles. The monoisotopic (exact) mass is 258 g/mol. The Morgan fingerprint density at radius 1 is 1.47 bits per heavy atom. The van der Waals surface area contributed by atoms with Crippen LogP contribution in [0.5, 0.6) is 0 Å². The summed E-state index contributed by atoms with van der Waals surface area (Å²) in [6, 6.07) is 0. The van der Waals surface area contributed by atoms with Crippen molar-refractivity contribution in [2.45, 2.75) is 31.3 Å². The number of imidazole rings is 1. The van der Waals surface area contributed by atoms with Gasteiger partial charge >= 0.3 is 0 Å². The van der Waals surface area contributed by atoms with E-state index in [1.165, 1.54) is 10.5 Å². The Labute approximate surface area is 101 Å². The second-order valence-electron chi connectivity index (χ2n) is 4.98. The zero-order valence-electron chi connectivity index (χ0n) is 10.3. The molecule has 0 atom stereocenters. The van der Waals surface area contributed by atoms with Crippen LogP contribution in [0, 0.1) is 6.92 Å². The number of aromatic amines is 1. The molecule has 0 aromatic carbocycles. The summed E-state index contributed by atoms with van der Waals surface area (Å²) in [5.41, 5.74) is -0.194. The van der Waals surface area contributed by atoms with Gasteiger partial charge in [-0.05, 0) is 20.8 Å². The molecule has 96 valence electrons. The Bertz CT molecular complexity index is 506. The highest BCUT2D eigenvalue weighted by atomic mass is 32.2. The minimum Gasteiger partial charge on any atom is -0.332 e. The largest absolute Gasteiger partial charge is 0.332 e. The normalized spacial score (nSPS) is 21.6.